The Bertz CT molecular complexity index is 227. The zero-order valence-corrected chi connectivity index (χ0v) is 9.37. The molecule has 1 N–H and O–H groups in total. The average Bonchev–Trinajstić information content (AvgIpc) is 2.78. The van der Waals surface area contributed by atoms with Crippen LogP contribution in [0.4, 0.5) is 0 Å². The Balaban J connectivity index is 1.85. The molecule has 4 heteroatoms. The molecule has 0 aromatic carbocycles. The van der Waals surface area contributed by atoms with Gasteiger partial charge in [0.1, 0.15) is 6.04 Å². The number of carbonyl (C=O) groups is 1. The van der Waals surface area contributed by atoms with Crippen LogP contribution >= 0.6 is 0 Å². The third-order valence-corrected chi connectivity index (χ3v) is 3.39. The lowest BCUT2D eigenvalue weighted by molar-refractivity contribution is -0.135. The van der Waals surface area contributed by atoms with E-state index in [1.807, 2.05) is 4.90 Å². The number of morpholine rings is 1. The maximum atomic E-state index is 12.0. The van der Waals surface area contributed by atoms with Gasteiger partial charge in [-0.05, 0) is 12.3 Å². The van der Waals surface area contributed by atoms with Crippen LogP contribution in [0.25, 0.3) is 0 Å². The summed E-state index contributed by atoms with van der Waals surface area (Å²) >= 11 is 0. The van der Waals surface area contributed by atoms with E-state index >= 15 is 0 Å². The second-order valence-electron chi connectivity index (χ2n) is 4.43. The van der Waals surface area contributed by atoms with E-state index in [0.717, 1.165) is 32.7 Å². The first-order valence-corrected chi connectivity index (χ1v) is 5.91. The topological polar surface area (TPSA) is 41.6 Å². The first-order valence-electron chi connectivity index (χ1n) is 5.91. The van der Waals surface area contributed by atoms with Crippen molar-refractivity contribution < 1.29 is 9.53 Å². The summed E-state index contributed by atoms with van der Waals surface area (Å²) in [7, 11) is 0. The van der Waals surface area contributed by atoms with E-state index < -0.39 is 0 Å². The number of rotatable bonds is 2. The molecule has 2 fully saturated rings. The van der Waals surface area contributed by atoms with Crippen LogP contribution in [0.5, 0.6) is 0 Å². The van der Waals surface area contributed by atoms with Gasteiger partial charge in [-0.25, -0.2) is 0 Å². The van der Waals surface area contributed by atoms with Crippen molar-refractivity contribution in [3.8, 4) is 0 Å². The zero-order chi connectivity index (χ0) is 10.7. The molecule has 2 atom stereocenters. The van der Waals surface area contributed by atoms with Gasteiger partial charge in [-0.15, -0.1) is 0 Å². The molecule has 0 aliphatic carbocycles. The summed E-state index contributed by atoms with van der Waals surface area (Å²) in [5.74, 6) is 0.934. The molecule has 15 heavy (non-hydrogen) atoms. The summed E-state index contributed by atoms with van der Waals surface area (Å²) in [6, 6.07) is -0.102. The van der Waals surface area contributed by atoms with Crippen LogP contribution in [0, 0.1) is 5.92 Å². The Labute approximate surface area is 91.0 Å². The van der Waals surface area contributed by atoms with Crippen molar-refractivity contribution in [3.05, 3.63) is 0 Å². The Kier molecular flexibility index (Phi) is 3.59. The highest BCUT2D eigenvalue weighted by molar-refractivity contribution is 5.82. The SMILES string of the molecule is CCC1CCN(C(=O)C2COCCN2)C1. The minimum absolute atomic E-state index is 0.102. The number of nitrogens with one attached hydrogen (secondary N) is 1. The standard InChI is InChI=1S/C11H20N2O2/c1-2-9-3-5-13(7-9)11(14)10-8-15-6-4-12-10/h9-10,12H,2-8H2,1H3. The minimum atomic E-state index is -0.102. The van der Waals surface area contributed by atoms with E-state index in [-0.39, 0.29) is 11.9 Å². The fraction of sp³-hybridized carbons (Fsp3) is 0.909. The van der Waals surface area contributed by atoms with Gasteiger partial charge in [0.15, 0.2) is 0 Å². The third-order valence-electron chi connectivity index (χ3n) is 3.39. The first kappa shape index (κ1) is 10.9. The maximum Gasteiger partial charge on any atom is 0.242 e. The van der Waals surface area contributed by atoms with Crippen molar-refractivity contribution in [1.82, 2.24) is 10.2 Å². The van der Waals surface area contributed by atoms with E-state index in [9.17, 15) is 4.79 Å². The van der Waals surface area contributed by atoms with Gasteiger partial charge in [-0.2, -0.15) is 0 Å². The molecule has 2 unspecified atom stereocenters. The molecule has 2 heterocycles. The number of nitrogens with zero attached hydrogens (tertiary/aromatic N) is 1. The summed E-state index contributed by atoms with van der Waals surface area (Å²) in [6.07, 6.45) is 2.34. The Morgan fingerprint density at radius 1 is 1.60 bits per heavy atom. The highest BCUT2D eigenvalue weighted by Crippen LogP contribution is 2.19. The Morgan fingerprint density at radius 2 is 2.47 bits per heavy atom. The van der Waals surface area contributed by atoms with Crippen LogP contribution in [-0.2, 0) is 9.53 Å². The number of hydrogen-bond donors (Lipinski definition) is 1. The number of hydrogen-bond acceptors (Lipinski definition) is 3. The van der Waals surface area contributed by atoms with Crippen LogP contribution in [0.1, 0.15) is 19.8 Å². The van der Waals surface area contributed by atoms with Crippen LogP contribution in [0.2, 0.25) is 0 Å². The van der Waals surface area contributed by atoms with Gasteiger partial charge >= 0.3 is 0 Å². The second-order valence-corrected chi connectivity index (χ2v) is 4.43. The van der Waals surface area contributed by atoms with Crippen molar-refractivity contribution in [2.75, 3.05) is 32.8 Å². The fourth-order valence-corrected chi connectivity index (χ4v) is 2.31. The molecular formula is C11H20N2O2. The lowest BCUT2D eigenvalue weighted by Gasteiger charge is -2.27. The molecule has 86 valence electrons. The van der Waals surface area contributed by atoms with Gasteiger partial charge in [0.2, 0.25) is 5.91 Å². The molecule has 2 saturated heterocycles. The lowest BCUT2D eigenvalue weighted by Crippen LogP contribution is -2.52. The molecule has 1 amide bonds. The number of ether oxygens (including phenoxy) is 1. The molecule has 2 aliphatic rings. The van der Waals surface area contributed by atoms with E-state index in [0.29, 0.717) is 12.5 Å². The Hall–Kier alpha value is -0.610. The quantitative estimate of drug-likeness (QED) is 0.712. The van der Waals surface area contributed by atoms with Gasteiger partial charge < -0.3 is 15.0 Å². The van der Waals surface area contributed by atoms with Gasteiger partial charge in [0.25, 0.3) is 0 Å². The fourth-order valence-electron chi connectivity index (χ4n) is 2.31. The summed E-state index contributed by atoms with van der Waals surface area (Å²) < 4.78 is 5.31. The van der Waals surface area contributed by atoms with Crippen molar-refractivity contribution in [2.24, 2.45) is 5.92 Å². The smallest absolute Gasteiger partial charge is 0.242 e. The highest BCUT2D eigenvalue weighted by atomic mass is 16.5. The molecule has 0 aromatic rings. The first-order chi connectivity index (χ1) is 7.31. The molecule has 2 rings (SSSR count). The van der Waals surface area contributed by atoms with Crippen molar-refractivity contribution in [3.63, 3.8) is 0 Å². The number of carbonyl (C=O) groups excluding carboxylic acids is 1. The number of amides is 1. The van der Waals surface area contributed by atoms with E-state index in [1.54, 1.807) is 0 Å². The maximum absolute atomic E-state index is 12.0. The molecule has 4 nitrogen and oxygen atoms in total. The predicted octanol–water partition coefficient (Wildman–Crippen LogP) is 0.233. The summed E-state index contributed by atoms with van der Waals surface area (Å²) in [5, 5.41) is 3.21. The van der Waals surface area contributed by atoms with Gasteiger partial charge in [-0.3, -0.25) is 4.79 Å². The normalized spacial score (nSPS) is 31.9. The summed E-state index contributed by atoms with van der Waals surface area (Å²) in [4.78, 5) is 14.0. The molecule has 0 bridgehead atoms. The zero-order valence-electron chi connectivity index (χ0n) is 9.37. The van der Waals surface area contributed by atoms with E-state index in [2.05, 4.69) is 12.2 Å². The average molecular weight is 212 g/mol. The van der Waals surface area contributed by atoms with Gasteiger partial charge in [0, 0.05) is 19.6 Å². The minimum Gasteiger partial charge on any atom is -0.378 e. The largest absolute Gasteiger partial charge is 0.378 e. The monoisotopic (exact) mass is 212 g/mol. The number of likely N-dealkylation sites (tertiary alicyclic amines) is 1. The van der Waals surface area contributed by atoms with Crippen LogP contribution in [-0.4, -0.2) is 49.7 Å². The van der Waals surface area contributed by atoms with Crippen LogP contribution in [0.15, 0.2) is 0 Å². The van der Waals surface area contributed by atoms with E-state index in [4.69, 9.17) is 4.74 Å². The molecule has 0 aromatic heterocycles. The summed E-state index contributed by atoms with van der Waals surface area (Å²) in [5.41, 5.74) is 0. The van der Waals surface area contributed by atoms with Crippen LogP contribution in [0.3, 0.4) is 0 Å². The molecular weight excluding hydrogens is 192 g/mol. The molecule has 0 saturated carbocycles. The highest BCUT2D eigenvalue weighted by Gasteiger charge is 2.30. The molecule has 2 aliphatic heterocycles. The van der Waals surface area contributed by atoms with Crippen molar-refractivity contribution in [1.29, 1.82) is 0 Å². The molecule has 0 spiro atoms. The third kappa shape index (κ3) is 2.49. The van der Waals surface area contributed by atoms with Gasteiger partial charge in [-0.1, -0.05) is 13.3 Å². The lowest BCUT2D eigenvalue weighted by atomic mass is 10.1. The van der Waals surface area contributed by atoms with Gasteiger partial charge in [0.05, 0.1) is 13.2 Å². The summed E-state index contributed by atoms with van der Waals surface area (Å²) in [6.45, 7) is 6.11. The Morgan fingerprint density at radius 3 is 3.07 bits per heavy atom. The van der Waals surface area contributed by atoms with E-state index in [1.165, 1.54) is 6.42 Å². The van der Waals surface area contributed by atoms with Crippen LogP contribution < -0.4 is 5.32 Å². The van der Waals surface area contributed by atoms with Crippen molar-refractivity contribution in [2.45, 2.75) is 25.8 Å². The second kappa shape index (κ2) is 4.94. The van der Waals surface area contributed by atoms with Crippen molar-refractivity contribution >= 4 is 5.91 Å². The molecule has 0 radical (unpaired) electrons. The predicted molar refractivity (Wildman–Crippen MR) is 57.6 cm³/mol.